The summed E-state index contributed by atoms with van der Waals surface area (Å²) in [6, 6.07) is 6.74. The van der Waals surface area contributed by atoms with Gasteiger partial charge in [-0.25, -0.2) is 0 Å². The van der Waals surface area contributed by atoms with E-state index in [1.54, 1.807) is 29.2 Å². The van der Waals surface area contributed by atoms with Crippen molar-refractivity contribution >= 4 is 17.6 Å². The van der Waals surface area contributed by atoms with E-state index in [4.69, 9.17) is 10.5 Å². The number of nitrogens with two attached hydrogens (primary N) is 1. The van der Waals surface area contributed by atoms with Crippen molar-refractivity contribution in [3.8, 4) is 5.75 Å². The van der Waals surface area contributed by atoms with Gasteiger partial charge >= 0.3 is 0 Å². The van der Waals surface area contributed by atoms with E-state index < -0.39 is 0 Å². The summed E-state index contributed by atoms with van der Waals surface area (Å²) in [5.41, 5.74) is 5.94. The summed E-state index contributed by atoms with van der Waals surface area (Å²) in [5.74, 6) is -0.191. The minimum Gasteiger partial charge on any atom is -0.484 e. The van der Waals surface area contributed by atoms with Crippen LogP contribution in [0.25, 0.3) is 0 Å². The number of primary amides is 1. The van der Waals surface area contributed by atoms with Crippen LogP contribution in [0.5, 0.6) is 5.75 Å². The van der Waals surface area contributed by atoms with E-state index in [2.05, 4.69) is 0 Å². The zero-order chi connectivity index (χ0) is 16.8. The van der Waals surface area contributed by atoms with Crippen molar-refractivity contribution < 1.29 is 19.1 Å². The van der Waals surface area contributed by atoms with Gasteiger partial charge in [-0.05, 0) is 37.1 Å². The quantitative estimate of drug-likeness (QED) is 0.802. The van der Waals surface area contributed by atoms with Crippen LogP contribution in [0.15, 0.2) is 24.3 Å². The van der Waals surface area contributed by atoms with Gasteiger partial charge in [0, 0.05) is 25.1 Å². The smallest absolute Gasteiger partial charge is 0.260 e. The molecule has 1 atom stereocenters. The van der Waals surface area contributed by atoms with E-state index in [9.17, 15) is 14.4 Å². The summed E-state index contributed by atoms with van der Waals surface area (Å²) < 4.78 is 5.47. The molecule has 1 unspecified atom stereocenters. The first-order chi connectivity index (χ1) is 11.0. The number of ether oxygens (including phenoxy) is 1. The van der Waals surface area contributed by atoms with Gasteiger partial charge in [0.15, 0.2) is 12.4 Å². The molecule has 2 amide bonds. The van der Waals surface area contributed by atoms with Crippen LogP contribution in [-0.2, 0) is 9.59 Å². The maximum Gasteiger partial charge on any atom is 0.260 e. The number of hydrogen-bond acceptors (Lipinski definition) is 4. The lowest BCUT2D eigenvalue weighted by Gasteiger charge is -2.31. The number of hydrogen-bond donors (Lipinski definition) is 1. The summed E-state index contributed by atoms with van der Waals surface area (Å²) >= 11 is 0. The van der Waals surface area contributed by atoms with Crippen LogP contribution in [0, 0.1) is 5.92 Å². The van der Waals surface area contributed by atoms with Crippen LogP contribution in [0.3, 0.4) is 0 Å². The second kappa shape index (κ2) is 7.76. The topological polar surface area (TPSA) is 89.7 Å². The lowest BCUT2D eigenvalue weighted by atomic mass is 9.97. The van der Waals surface area contributed by atoms with Crippen molar-refractivity contribution in [1.29, 1.82) is 0 Å². The average Bonchev–Trinajstić information content (AvgIpc) is 2.59. The van der Waals surface area contributed by atoms with Gasteiger partial charge in [0.2, 0.25) is 5.91 Å². The summed E-state index contributed by atoms with van der Waals surface area (Å²) in [6.07, 6.45) is 1.95. The Hall–Kier alpha value is -2.37. The summed E-state index contributed by atoms with van der Waals surface area (Å²) in [4.78, 5) is 36.6. The fourth-order valence-corrected chi connectivity index (χ4v) is 2.61. The Morgan fingerprint density at radius 3 is 2.57 bits per heavy atom. The molecule has 1 heterocycles. The summed E-state index contributed by atoms with van der Waals surface area (Å²) in [5, 5.41) is 0. The van der Waals surface area contributed by atoms with Crippen LogP contribution in [0.2, 0.25) is 0 Å². The molecule has 6 heteroatoms. The van der Waals surface area contributed by atoms with E-state index in [0.29, 0.717) is 30.8 Å². The number of carbonyl (C=O) groups excluding carboxylic acids is 3. The highest BCUT2D eigenvalue weighted by Gasteiger charge is 2.27. The largest absolute Gasteiger partial charge is 0.484 e. The number of nitrogens with zero attached hydrogens (tertiary/aromatic N) is 1. The number of benzene rings is 1. The van der Waals surface area contributed by atoms with Crippen molar-refractivity contribution in [1.82, 2.24) is 4.90 Å². The maximum atomic E-state index is 12.2. The van der Waals surface area contributed by atoms with Crippen molar-refractivity contribution in [2.75, 3.05) is 19.7 Å². The van der Waals surface area contributed by atoms with Crippen molar-refractivity contribution in [2.45, 2.75) is 26.2 Å². The number of amides is 2. The molecule has 0 spiro atoms. The number of carbonyl (C=O) groups is 3. The Labute approximate surface area is 135 Å². The van der Waals surface area contributed by atoms with Gasteiger partial charge in [0.05, 0.1) is 5.92 Å². The first kappa shape index (κ1) is 17.0. The van der Waals surface area contributed by atoms with Gasteiger partial charge in [-0.15, -0.1) is 0 Å². The third-order valence-corrected chi connectivity index (χ3v) is 4.04. The number of ketones is 1. The van der Waals surface area contributed by atoms with E-state index in [0.717, 1.165) is 12.8 Å². The first-order valence-corrected chi connectivity index (χ1v) is 7.84. The molecule has 23 heavy (non-hydrogen) atoms. The van der Waals surface area contributed by atoms with Crippen molar-refractivity contribution in [2.24, 2.45) is 11.7 Å². The molecule has 0 radical (unpaired) electrons. The Bertz CT molecular complexity index is 583. The number of likely N-dealkylation sites (tertiary alicyclic amines) is 1. The molecule has 1 aliphatic heterocycles. The molecule has 0 bridgehead atoms. The number of Topliss-reactive ketones (excluding diaryl/α,β-unsaturated/α-hetero) is 1. The highest BCUT2D eigenvalue weighted by molar-refractivity contribution is 5.95. The normalized spacial score (nSPS) is 17.6. The molecule has 1 fully saturated rings. The van der Waals surface area contributed by atoms with Gasteiger partial charge in [-0.3, -0.25) is 14.4 Å². The van der Waals surface area contributed by atoms with Crippen molar-refractivity contribution in [3.63, 3.8) is 0 Å². The minimum absolute atomic E-state index is 0.0680. The molecular formula is C17H22N2O4. The molecule has 0 aliphatic carbocycles. The number of piperidine rings is 1. The first-order valence-electron chi connectivity index (χ1n) is 7.84. The van der Waals surface area contributed by atoms with Crippen molar-refractivity contribution in [3.05, 3.63) is 29.8 Å². The molecule has 1 aliphatic rings. The zero-order valence-corrected chi connectivity index (χ0v) is 13.3. The van der Waals surface area contributed by atoms with Crippen LogP contribution >= 0.6 is 0 Å². The molecule has 124 valence electrons. The second-order valence-corrected chi connectivity index (χ2v) is 5.67. The molecule has 1 aromatic carbocycles. The summed E-state index contributed by atoms with van der Waals surface area (Å²) in [7, 11) is 0. The molecule has 2 rings (SSSR count). The Morgan fingerprint density at radius 1 is 1.26 bits per heavy atom. The summed E-state index contributed by atoms with van der Waals surface area (Å²) in [6.45, 7) is 2.70. The third kappa shape index (κ3) is 4.55. The lowest BCUT2D eigenvalue weighted by molar-refractivity contribution is -0.136. The van der Waals surface area contributed by atoms with Gasteiger partial charge in [-0.2, -0.15) is 0 Å². The second-order valence-electron chi connectivity index (χ2n) is 5.67. The van der Waals surface area contributed by atoms with Crippen LogP contribution in [0.1, 0.15) is 36.5 Å². The standard InChI is InChI=1S/C17H22N2O4/c1-2-15(20)12-5-7-14(8-6-12)23-11-16(21)19-9-3-4-13(10-19)17(18)22/h5-8,13H,2-4,9-11H2,1H3,(H2,18,22). The maximum absolute atomic E-state index is 12.2. The van der Waals surface area contributed by atoms with Gasteiger partial charge in [0.25, 0.3) is 5.91 Å². The molecule has 2 N–H and O–H groups in total. The predicted molar refractivity (Wildman–Crippen MR) is 85.1 cm³/mol. The highest BCUT2D eigenvalue weighted by atomic mass is 16.5. The van der Waals surface area contributed by atoms with E-state index in [-0.39, 0.29) is 30.1 Å². The highest BCUT2D eigenvalue weighted by Crippen LogP contribution is 2.17. The molecule has 0 aromatic heterocycles. The molecular weight excluding hydrogens is 296 g/mol. The minimum atomic E-state index is -0.361. The fraction of sp³-hybridized carbons (Fsp3) is 0.471. The molecule has 0 saturated carbocycles. The van der Waals surface area contributed by atoms with E-state index >= 15 is 0 Å². The Kier molecular flexibility index (Phi) is 5.73. The Balaban J connectivity index is 1.86. The fourth-order valence-electron chi connectivity index (χ4n) is 2.61. The molecule has 6 nitrogen and oxygen atoms in total. The van der Waals surface area contributed by atoms with Crippen LogP contribution in [0.4, 0.5) is 0 Å². The zero-order valence-electron chi connectivity index (χ0n) is 13.3. The SMILES string of the molecule is CCC(=O)c1ccc(OCC(=O)N2CCCC(C(N)=O)C2)cc1. The van der Waals surface area contributed by atoms with Gasteiger partial charge < -0.3 is 15.4 Å². The lowest BCUT2D eigenvalue weighted by Crippen LogP contribution is -2.45. The predicted octanol–water partition coefficient (Wildman–Crippen LogP) is 1.38. The third-order valence-electron chi connectivity index (χ3n) is 4.04. The molecule has 1 saturated heterocycles. The monoisotopic (exact) mass is 318 g/mol. The molecule has 1 aromatic rings. The van der Waals surface area contributed by atoms with Gasteiger partial charge in [0.1, 0.15) is 5.75 Å². The average molecular weight is 318 g/mol. The van der Waals surface area contributed by atoms with Crippen LogP contribution in [-0.4, -0.2) is 42.2 Å². The van der Waals surface area contributed by atoms with E-state index in [1.807, 2.05) is 6.92 Å². The van der Waals surface area contributed by atoms with Crippen LogP contribution < -0.4 is 10.5 Å². The number of rotatable bonds is 6. The van der Waals surface area contributed by atoms with E-state index in [1.165, 1.54) is 0 Å². The Morgan fingerprint density at radius 2 is 1.96 bits per heavy atom. The van der Waals surface area contributed by atoms with Gasteiger partial charge in [-0.1, -0.05) is 6.92 Å².